The topological polar surface area (TPSA) is 27.1 Å². The predicted octanol–water partition coefficient (Wildman–Crippen LogP) is 3.43. The molecule has 5 heteroatoms. The smallest absolute Gasteiger partial charge is 0.118 e. The van der Waals surface area contributed by atoms with Crippen molar-refractivity contribution in [3.63, 3.8) is 0 Å². The fourth-order valence-electron chi connectivity index (χ4n) is 1.70. The number of methoxy groups -OCH3 is 1. The van der Waals surface area contributed by atoms with Crippen molar-refractivity contribution < 1.29 is 4.74 Å². The van der Waals surface area contributed by atoms with Crippen LogP contribution in [0.5, 0.6) is 5.75 Å². The second-order valence-electron chi connectivity index (χ2n) is 4.16. The van der Waals surface area contributed by atoms with Crippen LogP contribution in [0.3, 0.4) is 0 Å². The Morgan fingerprint density at radius 3 is 2.74 bits per heavy atom. The van der Waals surface area contributed by atoms with E-state index in [-0.39, 0.29) is 0 Å². The summed E-state index contributed by atoms with van der Waals surface area (Å²) in [5.41, 5.74) is 1.28. The zero-order chi connectivity index (χ0) is 13.5. The van der Waals surface area contributed by atoms with Gasteiger partial charge in [-0.3, -0.25) is 4.68 Å². The molecule has 0 aliphatic carbocycles. The van der Waals surface area contributed by atoms with Crippen LogP contribution in [-0.2, 0) is 12.3 Å². The van der Waals surface area contributed by atoms with Gasteiger partial charge in [0, 0.05) is 29.3 Å². The Kier molecular flexibility index (Phi) is 5.61. The first kappa shape index (κ1) is 14.3. The first-order chi connectivity index (χ1) is 9.31. The summed E-state index contributed by atoms with van der Waals surface area (Å²) < 4.78 is 7.07. The Labute approximate surface area is 122 Å². The second-order valence-corrected chi connectivity index (χ2v) is 5.76. The number of rotatable bonds is 7. The molecular formula is C14H17ClN2OS. The second kappa shape index (κ2) is 7.46. The number of halogens is 1. The van der Waals surface area contributed by atoms with Gasteiger partial charge in [0.05, 0.1) is 13.7 Å². The molecule has 0 spiro atoms. The monoisotopic (exact) mass is 296 g/mol. The third-order valence-corrected chi connectivity index (χ3v) is 4.61. The largest absolute Gasteiger partial charge is 0.497 e. The molecule has 0 fully saturated rings. The van der Waals surface area contributed by atoms with Crippen LogP contribution in [0.1, 0.15) is 5.56 Å². The van der Waals surface area contributed by atoms with Crippen LogP contribution < -0.4 is 4.74 Å². The number of hydrogen-bond donors (Lipinski definition) is 0. The minimum atomic E-state index is 0.365. The van der Waals surface area contributed by atoms with Crippen molar-refractivity contribution in [2.75, 3.05) is 13.0 Å². The van der Waals surface area contributed by atoms with E-state index in [4.69, 9.17) is 16.3 Å². The molecule has 0 bridgehead atoms. The Hall–Kier alpha value is -1.13. The molecule has 0 amide bonds. The third kappa shape index (κ3) is 4.48. The van der Waals surface area contributed by atoms with Gasteiger partial charge in [-0.1, -0.05) is 12.1 Å². The van der Waals surface area contributed by atoms with Gasteiger partial charge < -0.3 is 4.74 Å². The van der Waals surface area contributed by atoms with E-state index in [1.54, 1.807) is 13.3 Å². The predicted molar refractivity (Wildman–Crippen MR) is 81.0 cm³/mol. The van der Waals surface area contributed by atoms with Crippen LogP contribution in [-0.4, -0.2) is 28.0 Å². The van der Waals surface area contributed by atoms with Gasteiger partial charge in [0.2, 0.25) is 0 Å². The molecule has 1 atom stereocenters. The number of thioether (sulfide) groups is 1. The molecule has 0 N–H and O–H groups in total. The van der Waals surface area contributed by atoms with Gasteiger partial charge in [0.15, 0.2) is 0 Å². The molecule has 19 heavy (non-hydrogen) atoms. The molecule has 0 saturated heterocycles. The van der Waals surface area contributed by atoms with E-state index in [1.165, 1.54) is 5.56 Å². The molecule has 102 valence electrons. The van der Waals surface area contributed by atoms with E-state index in [0.717, 1.165) is 18.0 Å². The van der Waals surface area contributed by atoms with Crippen molar-refractivity contribution in [3.8, 4) is 5.75 Å². The summed E-state index contributed by atoms with van der Waals surface area (Å²) >= 11 is 7.87. The number of hydrogen-bond acceptors (Lipinski definition) is 3. The SMILES string of the molecule is COc1ccc(CSC(CCl)Cn2cccn2)cc1. The standard InChI is InChI=1S/C14H17ClN2OS/c1-18-13-5-3-12(4-6-13)11-19-14(9-15)10-17-8-2-7-16-17/h2-8,14H,9-11H2,1H3. The molecule has 2 rings (SSSR count). The van der Waals surface area contributed by atoms with Crippen molar-refractivity contribution >= 4 is 23.4 Å². The lowest BCUT2D eigenvalue weighted by atomic mass is 10.2. The van der Waals surface area contributed by atoms with Crippen LogP contribution in [0.2, 0.25) is 0 Å². The maximum atomic E-state index is 6.02. The third-order valence-electron chi connectivity index (χ3n) is 2.77. The molecule has 3 nitrogen and oxygen atoms in total. The maximum Gasteiger partial charge on any atom is 0.118 e. The lowest BCUT2D eigenvalue weighted by Crippen LogP contribution is -2.15. The molecule has 1 unspecified atom stereocenters. The fourth-order valence-corrected chi connectivity index (χ4v) is 3.03. The van der Waals surface area contributed by atoms with Gasteiger partial charge in [-0.15, -0.1) is 11.6 Å². The molecule has 0 saturated carbocycles. The van der Waals surface area contributed by atoms with Crippen LogP contribution in [0, 0.1) is 0 Å². The van der Waals surface area contributed by atoms with E-state index in [2.05, 4.69) is 17.2 Å². The van der Waals surface area contributed by atoms with Gasteiger partial charge in [-0.25, -0.2) is 0 Å². The van der Waals surface area contributed by atoms with Crippen molar-refractivity contribution in [1.82, 2.24) is 9.78 Å². The summed E-state index contributed by atoms with van der Waals surface area (Å²) in [5.74, 6) is 2.46. The molecule has 0 aliphatic heterocycles. The first-order valence-corrected chi connectivity index (χ1v) is 7.68. The van der Waals surface area contributed by atoms with Crippen molar-refractivity contribution in [3.05, 3.63) is 48.3 Å². The highest BCUT2D eigenvalue weighted by atomic mass is 35.5. The summed E-state index contributed by atoms with van der Waals surface area (Å²) in [6.07, 6.45) is 3.76. The Morgan fingerprint density at radius 1 is 1.37 bits per heavy atom. The summed E-state index contributed by atoms with van der Waals surface area (Å²) in [5, 5.41) is 4.57. The summed E-state index contributed by atoms with van der Waals surface area (Å²) in [6, 6.07) is 10.1. The zero-order valence-corrected chi connectivity index (χ0v) is 12.4. The normalized spacial score (nSPS) is 12.3. The zero-order valence-electron chi connectivity index (χ0n) is 10.8. The lowest BCUT2D eigenvalue weighted by Gasteiger charge is -2.13. The minimum Gasteiger partial charge on any atom is -0.497 e. The van der Waals surface area contributed by atoms with Crippen LogP contribution >= 0.6 is 23.4 Å². The van der Waals surface area contributed by atoms with Gasteiger partial charge in [0.1, 0.15) is 5.75 Å². The van der Waals surface area contributed by atoms with Crippen molar-refractivity contribution in [2.24, 2.45) is 0 Å². The average Bonchev–Trinajstić information content (AvgIpc) is 2.97. The molecule has 1 aromatic carbocycles. The van der Waals surface area contributed by atoms with Crippen molar-refractivity contribution in [1.29, 1.82) is 0 Å². The summed E-state index contributed by atoms with van der Waals surface area (Å²) in [4.78, 5) is 0. The van der Waals surface area contributed by atoms with Gasteiger partial charge in [-0.2, -0.15) is 16.9 Å². The summed E-state index contributed by atoms with van der Waals surface area (Å²) in [7, 11) is 1.68. The minimum absolute atomic E-state index is 0.365. The molecule has 0 radical (unpaired) electrons. The quantitative estimate of drug-likeness (QED) is 0.733. The Balaban J connectivity index is 1.84. The maximum absolute atomic E-state index is 6.02. The number of nitrogens with zero attached hydrogens (tertiary/aromatic N) is 2. The van der Waals surface area contributed by atoms with Crippen LogP contribution in [0.4, 0.5) is 0 Å². The van der Waals surface area contributed by atoms with Gasteiger partial charge in [0.25, 0.3) is 0 Å². The van der Waals surface area contributed by atoms with Crippen LogP contribution in [0.25, 0.3) is 0 Å². The number of aromatic nitrogens is 2. The van der Waals surface area contributed by atoms with E-state index >= 15 is 0 Å². The fraction of sp³-hybridized carbons (Fsp3) is 0.357. The van der Waals surface area contributed by atoms with E-state index < -0.39 is 0 Å². The number of ether oxygens (including phenoxy) is 1. The average molecular weight is 297 g/mol. The Morgan fingerprint density at radius 2 is 2.16 bits per heavy atom. The van der Waals surface area contributed by atoms with Crippen molar-refractivity contribution in [2.45, 2.75) is 17.5 Å². The van der Waals surface area contributed by atoms with E-state index in [0.29, 0.717) is 11.1 Å². The van der Waals surface area contributed by atoms with E-state index in [1.807, 2.05) is 40.8 Å². The highest BCUT2D eigenvalue weighted by Gasteiger charge is 2.09. The van der Waals surface area contributed by atoms with Crippen LogP contribution in [0.15, 0.2) is 42.7 Å². The summed E-state index contributed by atoms with van der Waals surface area (Å²) in [6.45, 7) is 0.845. The first-order valence-electron chi connectivity index (χ1n) is 6.09. The highest BCUT2D eigenvalue weighted by Crippen LogP contribution is 2.22. The highest BCUT2D eigenvalue weighted by molar-refractivity contribution is 7.99. The number of alkyl halides is 1. The molecule has 2 aromatic rings. The molecule has 1 aromatic heterocycles. The molecular weight excluding hydrogens is 280 g/mol. The number of benzene rings is 1. The van der Waals surface area contributed by atoms with Gasteiger partial charge >= 0.3 is 0 Å². The Bertz CT molecular complexity index is 473. The molecule has 0 aliphatic rings. The van der Waals surface area contributed by atoms with Gasteiger partial charge in [-0.05, 0) is 23.8 Å². The van der Waals surface area contributed by atoms with E-state index in [9.17, 15) is 0 Å². The lowest BCUT2D eigenvalue weighted by molar-refractivity contribution is 0.414. The molecule has 1 heterocycles.